The Balaban J connectivity index is 1.88. The molecule has 2 rings (SSSR count). The number of ether oxygens (including phenoxy) is 1. The van der Waals surface area contributed by atoms with Crippen LogP contribution in [0.2, 0.25) is 0 Å². The molecule has 0 saturated carbocycles. The van der Waals surface area contributed by atoms with Crippen LogP contribution in [-0.2, 0) is 0 Å². The van der Waals surface area contributed by atoms with Crippen molar-refractivity contribution in [2.75, 3.05) is 13.2 Å². The molecule has 1 aromatic rings. The zero-order valence-electron chi connectivity index (χ0n) is 7.87. The highest BCUT2D eigenvalue weighted by Crippen LogP contribution is 2.21. The van der Waals surface area contributed by atoms with Crippen molar-refractivity contribution in [2.45, 2.75) is 18.9 Å². The SMILES string of the molecule is Brc1cccnc1OC[C@H]1CCCN1. The molecule has 1 atom stereocenters. The fourth-order valence-corrected chi connectivity index (χ4v) is 1.93. The van der Waals surface area contributed by atoms with Gasteiger partial charge in [-0.3, -0.25) is 0 Å². The quantitative estimate of drug-likeness (QED) is 0.898. The lowest BCUT2D eigenvalue weighted by Crippen LogP contribution is -2.28. The van der Waals surface area contributed by atoms with E-state index in [9.17, 15) is 0 Å². The van der Waals surface area contributed by atoms with E-state index in [0.717, 1.165) is 11.0 Å². The molecule has 0 spiro atoms. The number of aromatic nitrogens is 1. The zero-order valence-corrected chi connectivity index (χ0v) is 9.46. The van der Waals surface area contributed by atoms with Crippen LogP contribution in [-0.4, -0.2) is 24.2 Å². The molecule has 0 radical (unpaired) electrons. The molecule has 0 amide bonds. The summed E-state index contributed by atoms with van der Waals surface area (Å²) < 4.78 is 6.52. The van der Waals surface area contributed by atoms with E-state index in [2.05, 4.69) is 26.2 Å². The highest BCUT2D eigenvalue weighted by molar-refractivity contribution is 9.10. The van der Waals surface area contributed by atoms with Crippen LogP contribution in [0.15, 0.2) is 22.8 Å². The summed E-state index contributed by atoms with van der Waals surface area (Å²) in [5.41, 5.74) is 0. The maximum Gasteiger partial charge on any atom is 0.227 e. The molecule has 1 N–H and O–H groups in total. The van der Waals surface area contributed by atoms with Gasteiger partial charge in [0, 0.05) is 12.2 Å². The Bertz CT molecular complexity index is 300. The van der Waals surface area contributed by atoms with E-state index in [0.29, 0.717) is 18.5 Å². The molecule has 1 aliphatic rings. The number of hydrogen-bond acceptors (Lipinski definition) is 3. The first kappa shape index (κ1) is 9.93. The largest absolute Gasteiger partial charge is 0.475 e. The maximum absolute atomic E-state index is 5.60. The third-order valence-corrected chi connectivity index (χ3v) is 2.91. The first-order chi connectivity index (χ1) is 6.86. The topological polar surface area (TPSA) is 34.1 Å². The molecule has 1 aromatic heterocycles. The zero-order chi connectivity index (χ0) is 9.80. The number of pyridine rings is 1. The minimum absolute atomic E-state index is 0.490. The van der Waals surface area contributed by atoms with Crippen molar-refractivity contribution >= 4 is 15.9 Å². The van der Waals surface area contributed by atoms with Crippen molar-refractivity contribution in [1.29, 1.82) is 0 Å². The van der Waals surface area contributed by atoms with Gasteiger partial charge < -0.3 is 10.1 Å². The number of nitrogens with zero attached hydrogens (tertiary/aromatic N) is 1. The average molecular weight is 257 g/mol. The lowest BCUT2D eigenvalue weighted by molar-refractivity contribution is 0.266. The molecule has 0 bridgehead atoms. The van der Waals surface area contributed by atoms with Crippen molar-refractivity contribution < 1.29 is 4.74 Å². The predicted octanol–water partition coefficient (Wildman–Crippen LogP) is 1.97. The summed E-state index contributed by atoms with van der Waals surface area (Å²) in [5.74, 6) is 0.682. The van der Waals surface area contributed by atoms with E-state index in [-0.39, 0.29) is 0 Å². The molecule has 0 aromatic carbocycles. The Morgan fingerprint density at radius 1 is 1.64 bits per heavy atom. The van der Waals surface area contributed by atoms with Gasteiger partial charge >= 0.3 is 0 Å². The van der Waals surface area contributed by atoms with Crippen LogP contribution in [0.4, 0.5) is 0 Å². The first-order valence-electron chi connectivity index (χ1n) is 4.83. The summed E-state index contributed by atoms with van der Waals surface area (Å²) in [6, 6.07) is 4.30. The molecular formula is C10H13BrN2O. The molecule has 2 heterocycles. The van der Waals surface area contributed by atoms with E-state index in [1.54, 1.807) is 6.20 Å². The standard InChI is InChI=1S/C10H13BrN2O/c11-9-4-2-6-13-10(9)14-7-8-3-1-5-12-8/h2,4,6,8,12H,1,3,5,7H2/t8-/m1/s1. The third-order valence-electron chi connectivity index (χ3n) is 2.31. The van der Waals surface area contributed by atoms with Gasteiger partial charge in [-0.2, -0.15) is 0 Å². The summed E-state index contributed by atoms with van der Waals surface area (Å²) in [6.07, 6.45) is 4.18. The molecule has 0 unspecified atom stereocenters. The second-order valence-electron chi connectivity index (χ2n) is 3.39. The monoisotopic (exact) mass is 256 g/mol. The van der Waals surface area contributed by atoms with Crippen LogP contribution in [0.5, 0.6) is 5.88 Å². The Kier molecular flexibility index (Phi) is 3.37. The number of halogens is 1. The minimum Gasteiger partial charge on any atom is -0.475 e. The van der Waals surface area contributed by atoms with E-state index in [1.807, 2.05) is 12.1 Å². The Labute approximate surface area is 92.0 Å². The second kappa shape index (κ2) is 4.75. The molecule has 1 saturated heterocycles. The number of hydrogen-bond donors (Lipinski definition) is 1. The molecule has 0 aliphatic carbocycles. The first-order valence-corrected chi connectivity index (χ1v) is 5.62. The van der Waals surface area contributed by atoms with Gasteiger partial charge in [-0.05, 0) is 47.4 Å². The molecule has 76 valence electrons. The maximum atomic E-state index is 5.60. The van der Waals surface area contributed by atoms with Crippen molar-refractivity contribution in [2.24, 2.45) is 0 Å². The highest BCUT2D eigenvalue weighted by atomic mass is 79.9. The number of nitrogens with one attached hydrogen (secondary N) is 1. The fourth-order valence-electron chi connectivity index (χ4n) is 1.56. The molecule has 4 heteroatoms. The van der Waals surface area contributed by atoms with Crippen molar-refractivity contribution in [1.82, 2.24) is 10.3 Å². The number of rotatable bonds is 3. The summed E-state index contributed by atoms with van der Waals surface area (Å²) in [6.45, 7) is 1.81. The van der Waals surface area contributed by atoms with Gasteiger partial charge in [0.2, 0.25) is 5.88 Å². The minimum atomic E-state index is 0.490. The van der Waals surface area contributed by atoms with Crippen LogP contribution in [0.25, 0.3) is 0 Å². The Morgan fingerprint density at radius 3 is 3.29 bits per heavy atom. The van der Waals surface area contributed by atoms with Gasteiger partial charge in [0.1, 0.15) is 6.61 Å². The highest BCUT2D eigenvalue weighted by Gasteiger charge is 2.15. The smallest absolute Gasteiger partial charge is 0.227 e. The van der Waals surface area contributed by atoms with Crippen molar-refractivity contribution in [3.63, 3.8) is 0 Å². The Hall–Kier alpha value is -0.610. The van der Waals surface area contributed by atoms with Gasteiger partial charge in [0.05, 0.1) is 4.47 Å². The summed E-state index contributed by atoms with van der Waals surface area (Å²) in [5, 5.41) is 3.38. The van der Waals surface area contributed by atoms with E-state index in [1.165, 1.54) is 12.8 Å². The Morgan fingerprint density at radius 2 is 2.57 bits per heavy atom. The average Bonchev–Trinajstić information content (AvgIpc) is 2.69. The molecule has 1 fully saturated rings. The normalized spacial score (nSPS) is 21.1. The van der Waals surface area contributed by atoms with E-state index in [4.69, 9.17) is 4.74 Å². The lowest BCUT2D eigenvalue weighted by Gasteiger charge is -2.11. The molecular weight excluding hydrogens is 244 g/mol. The third kappa shape index (κ3) is 2.45. The van der Waals surface area contributed by atoms with Gasteiger partial charge in [-0.1, -0.05) is 0 Å². The summed E-state index contributed by atoms with van der Waals surface area (Å²) >= 11 is 3.40. The van der Waals surface area contributed by atoms with E-state index >= 15 is 0 Å². The van der Waals surface area contributed by atoms with Gasteiger partial charge in [-0.25, -0.2) is 4.98 Å². The van der Waals surface area contributed by atoms with Crippen LogP contribution in [0.3, 0.4) is 0 Å². The summed E-state index contributed by atoms with van der Waals surface area (Å²) in [4.78, 5) is 4.14. The van der Waals surface area contributed by atoms with Gasteiger partial charge in [0.25, 0.3) is 0 Å². The fraction of sp³-hybridized carbons (Fsp3) is 0.500. The predicted molar refractivity (Wildman–Crippen MR) is 58.5 cm³/mol. The van der Waals surface area contributed by atoms with Crippen molar-refractivity contribution in [3.8, 4) is 5.88 Å². The van der Waals surface area contributed by atoms with Gasteiger partial charge in [0.15, 0.2) is 0 Å². The van der Waals surface area contributed by atoms with Crippen LogP contribution in [0, 0.1) is 0 Å². The summed E-state index contributed by atoms with van der Waals surface area (Å²) in [7, 11) is 0. The lowest BCUT2D eigenvalue weighted by atomic mass is 10.2. The molecule has 3 nitrogen and oxygen atoms in total. The van der Waals surface area contributed by atoms with Crippen molar-refractivity contribution in [3.05, 3.63) is 22.8 Å². The van der Waals surface area contributed by atoms with E-state index < -0.39 is 0 Å². The van der Waals surface area contributed by atoms with Crippen LogP contribution >= 0.6 is 15.9 Å². The molecule has 1 aliphatic heterocycles. The van der Waals surface area contributed by atoms with Gasteiger partial charge in [-0.15, -0.1) is 0 Å². The molecule has 14 heavy (non-hydrogen) atoms. The van der Waals surface area contributed by atoms with Crippen LogP contribution in [0.1, 0.15) is 12.8 Å². The second-order valence-corrected chi connectivity index (χ2v) is 4.25. The van der Waals surface area contributed by atoms with Crippen LogP contribution < -0.4 is 10.1 Å².